The van der Waals surface area contributed by atoms with Crippen molar-refractivity contribution >= 4 is 35.9 Å². The van der Waals surface area contributed by atoms with Crippen molar-refractivity contribution in [1.29, 1.82) is 0 Å². The van der Waals surface area contributed by atoms with Crippen LogP contribution in [-0.4, -0.2) is 34.6 Å². The first-order valence-corrected chi connectivity index (χ1v) is 7.83. The van der Waals surface area contributed by atoms with Gasteiger partial charge in [0.05, 0.1) is 0 Å². The van der Waals surface area contributed by atoms with Crippen LogP contribution in [0.1, 0.15) is 19.3 Å². The van der Waals surface area contributed by atoms with Crippen LogP contribution in [-0.2, 0) is 0 Å². The Bertz CT molecular complexity index is 332. The molecule has 1 atom stereocenters. The highest BCUT2D eigenvalue weighted by atomic mass is 35.5. The van der Waals surface area contributed by atoms with E-state index in [0.717, 1.165) is 15.9 Å². The van der Waals surface area contributed by atoms with Gasteiger partial charge in [-0.05, 0) is 31.7 Å². The number of halogens is 1. The molecule has 2 heterocycles. The Kier molecular flexibility index (Phi) is 7.27. The average Bonchev–Trinajstić information content (AvgIpc) is 2.38. The van der Waals surface area contributed by atoms with Gasteiger partial charge in [-0.3, -0.25) is 0 Å². The molecule has 0 radical (unpaired) electrons. The molecule has 0 aromatic carbocycles. The SMILES string of the molecule is CSc1nccc(SCC2CCCCN2)n1.Cl. The standard InChI is InChI=1S/C11H17N3S2.ClH/c1-15-11-13-7-5-10(14-11)16-8-9-4-2-3-6-12-9;/h5,7,9,12H,2-4,6,8H2,1H3;1H. The van der Waals surface area contributed by atoms with Crippen LogP contribution in [0.3, 0.4) is 0 Å². The van der Waals surface area contributed by atoms with Gasteiger partial charge in [-0.1, -0.05) is 18.2 Å². The second-order valence-corrected chi connectivity index (χ2v) is 5.65. The van der Waals surface area contributed by atoms with E-state index in [0.29, 0.717) is 6.04 Å². The number of nitrogens with one attached hydrogen (secondary N) is 1. The topological polar surface area (TPSA) is 37.8 Å². The van der Waals surface area contributed by atoms with Crippen molar-refractivity contribution in [3.8, 4) is 0 Å². The van der Waals surface area contributed by atoms with E-state index in [-0.39, 0.29) is 12.4 Å². The zero-order chi connectivity index (χ0) is 11.2. The molecule has 6 heteroatoms. The Balaban J connectivity index is 0.00000144. The highest BCUT2D eigenvalue weighted by molar-refractivity contribution is 7.99. The number of aromatic nitrogens is 2. The van der Waals surface area contributed by atoms with Crippen molar-refractivity contribution in [1.82, 2.24) is 15.3 Å². The molecule has 1 unspecified atom stereocenters. The molecule has 0 saturated carbocycles. The van der Waals surface area contributed by atoms with Crippen molar-refractivity contribution in [2.45, 2.75) is 35.5 Å². The molecule has 3 nitrogen and oxygen atoms in total. The van der Waals surface area contributed by atoms with Crippen molar-refractivity contribution in [2.75, 3.05) is 18.6 Å². The third-order valence-corrected chi connectivity index (χ3v) is 4.29. The monoisotopic (exact) mass is 291 g/mol. The number of piperidine rings is 1. The quantitative estimate of drug-likeness (QED) is 0.525. The largest absolute Gasteiger partial charge is 0.313 e. The molecule has 1 aromatic heterocycles. The number of hydrogen-bond acceptors (Lipinski definition) is 5. The summed E-state index contributed by atoms with van der Waals surface area (Å²) in [4.78, 5) is 8.64. The van der Waals surface area contributed by atoms with E-state index in [2.05, 4.69) is 15.3 Å². The van der Waals surface area contributed by atoms with Crippen molar-refractivity contribution < 1.29 is 0 Å². The molecule has 0 spiro atoms. The van der Waals surface area contributed by atoms with Crippen LogP contribution < -0.4 is 5.32 Å². The molecule has 17 heavy (non-hydrogen) atoms. The third kappa shape index (κ3) is 5.04. The lowest BCUT2D eigenvalue weighted by atomic mass is 10.1. The number of nitrogens with zero attached hydrogens (tertiary/aromatic N) is 2. The van der Waals surface area contributed by atoms with Crippen LogP contribution in [0.4, 0.5) is 0 Å². The van der Waals surface area contributed by atoms with Crippen LogP contribution in [0.15, 0.2) is 22.4 Å². The highest BCUT2D eigenvalue weighted by Crippen LogP contribution is 2.20. The Morgan fingerprint density at radius 3 is 3.06 bits per heavy atom. The van der Waals surface area contributed by atoms with Crippen LogP contribution in [0.25, 0.3) is 0 Å². The zero-order valence-corrected chi connectivity index (χ0v) is 12.3. The summed E-state index contributed by atoms with van der Waals surface area (Å²) in [5.41, 5.74) is 0. The lowest BCUT2D eigenvalue weighted by molar-refractivity contribution is 0.430. The van der Waals surface area contributed by atoms with E-state index >= 15 is 0 Å². The first kappa shape index (κ1) is 15.1. The summed E-state index contributed by atoms with van der Waals surface area (Å²) in [6.07, 6.45) is 7.83. The molecule has 0 bridgehead atoms. The van der Waals surface area contributed by atoms with Gasteiger partial charge in [0.2, 0.25) is 0 Å². The van der Waals surface area contributed by atoms with Gasteiger partial charge in [0.25, 0.3) is 0 Å². The van der Waals surface area contributed by atoms with Gasteiger partial charge in [0.1, 0.15) is 5.03 Å². The number of hydrogen-bond donors (Lipinski definition) is 1. The third-order valence-electron chi connectivity index (χ3n) is 2.64. The average molecular weight is 292 g/mol. The summed E-state index contributed by atoms with van der Waals surface area (Å²) in [5, 5.41) is 5.50. The molecular weight excluding hydrogens is 274 g/mol. The zero-order valence-electron chi connectivity index (χ0n) is 9.89. The predicted molar refractivity (Wildman–Crippen MR) is 77.4 cm³/mol. The minimum Gasteiger partial charge on any atom is -0.313 e. The van der Waals surface area contributed by atoms with Gasteiger partial charge in [-0.2, -0.15) is 0 Å². The molecule has 96 valence electrons. The minimum atomic E-state index is 0. The second-order valence-electron chi connectivity index (χ2n) is 3.84. The first-order valence-electron chi connectivity index (χ1n) is 5.61. The molecular formula is C11H18ClN3S2. The van der Waals surface area contributed by atoms with Crippen molar-refractivity contribution in [2.24, 2.45) is 0 Å². The maximum absolute atomic E-state index is 4.46. The fourth-order valence-corrected chi connectivity index (χ4v) is 3.13. The first-order chi connectivity index (χ1) is 7.88. The van der Waals surface area contributed by atoms with Gasteiger partial charge in [0, 0.05) is 18.0 Å². The molecule has 1 N–H and O–H groups in total. The maximum atomic E-state index is 4.46. The summed E-state index contributed by atoms with van der Waals surface area (Å²) >= 11 is 3.42. The highest BCUT2D eigenvalue weighted by Gasteiger charge is 2.12. The Morgan fingerprint density at radius 1 is 1.47 bits per heavy atom. The summed E-state index contributed by atoms with van der Waals surface area (Å²) in [7, 11) is 0. The van der Waals surface area contributed by atoms with E-state index in [4.69, 9.17) is 0 Å². The van der Waals surface area contributed by atoms with Gasteiger partial charge in [-0.25, -0.2) is 9.97 Å². The summed E-state index contributed by atoms with van der Waals surface area (Å²) in [6, 6.07) is 2.65. The number of thioether (sulfide) groups is 2. The summed E-state index contributed by atoms with van der Waals surface area (Å²) in [5.74, 6) is 1.12. The normalized spacial score (nSPS) is 19.7. The Labute approximate surface area is 117 Å². The molecule has 1 saturated heterocycles. The molecule has 0 aliphatic carbocycles. The second kappa shape index (κ2) is 8.19. The van der Waals surface area contributed by atoms with Gasteiger partial charge < -0.3 is 5.32 Å². The van der Waals surface area contributed by atoms with Gasteiger partial charge in [-0.15, -0.1) is 24.2 Å². The molecule has 1 fully saturated rings. The molecule has 1 aliphatic rings. The van der Waals surface area contributed by atoms with Crippen LogP contribution in [0.5, 0.6) is 0 Å². The van der Waals surface area contributed by atoms with E-state index in [1.54, 1.807) is 11.8 Å². The Hall–Kier alpha value is 0.0300. The summed E-state index contributed by atoms with van der Waals surface area (Å²) < 4.78 is 0. The summed E-state index contributed by atoms with van der Waals surface area (Å²) in [6.45, 7) is 1.17. The molecule has 1 aromatic rings. The van der Waals surface area contributed by atoms with E-state index < -0.39 is 0 Å². The number of rotatable bonds is 4. The van der Waals surface area contributed by atoms with Gasteiger partial charge in [0.15, 0.2) is 5.16 Å². The molecule has 1 aliphatic heterocycles. The maximum Gasteiger partial charge on any atom is 0.188 e. The molecule has 2 rings (SSSR count). The lowest BCUT2D eigenvalue weighted by Crippen LogP contribution is -2.35. The predicted octanol–water partition coefficient (Wildman–Crippen LogP) is 2.85. The molecule has 0 amide bonds. The van der Waals surface area contributed by atoms with Crippen molar-refractivity contribution in [3.63, 3.8) is 0 Å². The van der Waals surface area contributed by atoms with Gasteiger partial charge >= 0.3 is 0 Å². The smallest absolute Gasteiger partial charge is 0.188 e. The fourth-order valence-electron chi connectivity index (χ4n) is 1.76. The minimum absolute atomic E-state index is 0. The van der Waals surface area contributed by atoms with Crippen molar-refractivity contribution in [3.05, 3.63) is 12.3 Å². The van der Waals surface area contributed by atoms with Crippen LogP contribution in [0, 0.1) is 0 Å². The van der Waals surface area contributed by atoms with E-state index in [1.165, 1.54) is 25.8 Å². The van der Waals surface area contributed by atoms with E-state index in [9.17, 15) is 0 Å². The fraction of sp³-hybridized carbons (Fsp3) is 0.636. The lowest BCUT2D eigenvalue weighted by Gasteiger charge is -2.22. The van der Waals surface area contributed by atoms with E-state index in [1.807, 2.05) is 30.3 Å². The van der Waals surface area contributed by atoms with Crippen LogP contribution >= 0.6 is 35.9 Å². The van der Waals surface area contributed by atoms with Crippen LogP contribution in [0.2, 0.25) is 0 Å². The Morgan fingerprint density at radius 2 is 2.35 bits per heavy atom.